The summed E-state index contributed by atoms with van der Waals surface area (Å²) in [6, 6.07) is 11.7. The maximum absolute atomic E-state index is 11.2. The van der Waals surface area contributed by atoms with Crippen molar-refractivity contribution in [3.05, 3.63) is 58.0 Å². The lowest BCUT2D eigenvalue weighted by atomic mass is 10.1. The number of rotatable bonds is 5. The van der Waals surface area contributed by atoms with Crippen LogP contribution in [0, 0.1) is 25.7 Å². The molecule has 24 heavy (non-hydrogen) atoms. The minimum absolute atomic E-state index is 0.0905. The molecular formula is C19H20N2O3. The Morgan fingerprint density at radius 1 is 1.12 bits per heavy atom. The third kappa shape index (κ3) is 2.73. The van der Waals surface area contributed by atoms with Crippen molar-refractivity contribution in [2.75, 3.05) is 6.61 Å². The number of hydrogen-bond acceptors (Lipinski definition) is 4. The predicted octanol–water partition coefficient (Wildman–Crippen LogP) is 4.75. The van der Waals surface area contributed by atoms with E-state index in [2.05, 4.69) is 5.18 Å². The first-order valence-electron chi connectivity index (χ1n) is 7.87. The molecule has 3 rings (SSSR count). The summed E-state index contributed by atoms with van der Waals surface area (Å²) in [5.74, 6) is 0.705. The molecule has 5 heteroatoms. The topological polar surface area (TPSA) is 63.8 Å². The van der Waals surface area contributed by atoms with Crippen LogP contribution in [0.1, 0.15) is 16.7 Å². The molecule has 0 atom stereocenters. The fourth-order valence-corrected chi connectivity index (χ4v) is 3.13. The van der Waals surface area contributed by atoms with Gasteiger partial charge >= 0.3 is 0 Å². The van der Waals surface area contributed by atoms with Crippen molar-refractivity contribution < 1.29 is 9.84 Å². The van der Waals surface area contributed by atoms with E-state index in [4.69, 9.17) is 4.74 Å². The molecular weight excluding hydrogens is 304 g/mol. The first-order chi connectivity index (χ1) is 11.5. The fraction of sp³-hybridized carbons (Fsp3) is 0.263. The molecule has 3 aromatic rings. The minimum atomic E-state index is -0.109. The van der Waals surface area contributed by atoms with Crippen molar-refractivity contribution in [3.63, 3.8) is 0 Å². The Morgan fingerprint density at radius 3 is 2.58 bits per heavy atom. The molecule has 124 valence electrons. The molecule has 0 aliphatic rings. The van der Waals surface area contributed by atoms with E-state index in [1.165, 1.54) is 0 Å². The van der Waals surface area contributed by atoms with Gasteiger partial charge in [-0.25, -0.2) is 0 Å². The summed E-state index contributed by atoms with van der Waals surface area (Å²) in [7, 11) is 0. The van der Waals surface area contributed by atoms with Crippen molar-refractivity contribution in [3.8, 4) is 11.6 Å². The van der Waals surface area contributed by atoms with Crippen molar-refractivity contribution in [2.24, 2.45) is 5.18 Å². The molecule has 0 bridgehead atoms. The molecule has 1 heterocycles. The number of ether oxygens (including phenoxy) is 1. The zero-order valence-corrected chi connectivity index (χ0v) is 14.0. The maximum Gasteiger partial charge on any atom is 0.222 e. The average Bonchev–Trinajstić information content (AvgIpc) is 2.81. The van der Waals surface area contributed by atoms with Crippen LogP contribution in [-0.4, -0.2) is 16.3 Å². The van der Waals surface area contributed by atoms with Gasteiger partial charge in [-0.15, -0.1) is 4.91 Å². The van der Waals surface area contributed by atoms with E-state index in [1.807, 2.05) is 57.2 Å². The fourth-order valence-electron chi connectivity index (χ4n) is 3.13. The van der Waals surface area contributed by atoms with Gasteiger partial charge < -0.3 is 14.4 Å². The molecule has 0 saturated carbocycles. The van der Waals surface area contributed by atoms with Gasteiger partial charge in [-0.3, -0.25) is 0 Å². The molecule has 5 nitrogen and oxygen atoms in total. The lowest BCUT2D eigenvalue weighted by molar-refractivity contribution is 0.289. The van der Waals surface area contributed by atoms with E-state index in [0.717, 1.165) is 28.0 Å². The average molecular weight is 324 g/mol. The van der Waals surface area contributed by atoms with Crippen molar-refractivity contribution >= 4 is 16.6 Å². The first kappa shape index (κ1) is 16.1. The molecule has 1 N–H and O–H groups in total. The Kier molecular flexibility index (Phi) is 4.25. The van der Waals surface area contributed by atoms with Gasteiger partial charge in [0.1, 0.15) is 12.4 Å². The largest absolute Gasteiger partial charge is 0.493 e. The number of aromatic nitrogens is 1. The van der Waals surface area contributed by atoms with Gasteiger partial charge in [0.2, 0.25) is 5.88 Å². The van der Waals surface area contributed by atoms with Crippen LogP contribution in [0.2, 0.25) is 0 Å². The zero-order chi connectivity index (χ0) is 17.3. The molecule has 0 unspecified atom stereocenters. The number of aromatic hydroxyl groups is 1. The van der Waals surface area contributed by atoms with Gasteiger partial charge in [0.05, 0.1) is 12.1 Å². The Labute approximate surface area is 140 Å². The smallest absolute Gasteiger partial charge is 0.222 e. The summed E-state index contributed by atoms with van der Waals surface area (Å²) in [6.45, 7) is 6.71. The molecule has 2 aromatic carbocycles. The quantitative estimate of drug-likeness (QED) is 0.689. The van der Waals surface area contributed by atoms with Gasteiger partial charge in [0.15, 0.2) is 5.69 Å². The first-order valence-corrected chi connectivity index (χ1v) is 7.87. The molecule has 0 spiro atoms. The summed E-state index contributed by atoms with van der Waals surface area (Å²) < 4.78 is 7.50. The molecule has 0 fully saturated rings. The maximum atomic E-state index is 11.2. The molecule has 0 saturated heterocycles. The van der Waals surface area contributed by atoms with Crippen LogP contribution >= 0.6 is 0 Å². The normalized spacial score (nSPS) is 11.0. The zero-order valence-electron chi connectivity index (χ0n) is 14.0. The Morgan fingerprint density at radius 2 is 1.88 bits per heavy atom. The standard InChI is InChI=1S/C19H20N2O3/c1-12-10-14(3)18-15(11-12)17(20-23)19(22)21(18)8-9-24-16-7-5-4-6-13(16)2/h4-7,10-11,22H,8-9H2,1-3H3. The highest BCUT2D eigenvalue weighted by molar-refractivity contribution is 5.97. The SMILES string of the molecule is Cc1cc(C)c2c(c1)c(N=O)c(O)n2CCOc1ccccc1C. The van der Waals surface area contributed by atoms with Crippen molar-refractivity contribution in [1.82, 2.24) is 4.57 Å². The predicted molar refractivity (Wildman–Crippen MR) is 95.2 cm³/mol. The number of fused-ring (bicyclic) bond motifs is 1. The summed E-state index contributed by atoms with van der Waals surface area (Å²) in [5, 5.41) is 14.1. The summed E-state index contributed by atoms with van der Waals surface area (Å²) >= 11 is 0. The molecule has 0 aliphatic carbocycles. The third-order valence-electron chi connectivity index (χ3n) is 4.19. The Bertz CT molecular complexity index is 913. The van der Waals surface area contributed by atoms with E-state index in [0.29, 0.717) is 18.5 Å². The number of nitrogens with zero attached hydrogens (tertiary/aromatic N) is 2. The van der Waals surface area contributed by atoms with Crippen LogP contribution in [0.15, 0.2) is 41.6 Å². The van der Waals surface area contributed by atoms with Gasteiger partial charge in [0.25, 0.3) is 0 Å². The highest BCUT2D eigenvalue weighted by Crippen LogP contribution is 2.40. The van der Waals surface area contributed by atoms with Gasteiger partial charge in [0, 0.05) is 5.39 Å². The highest BCUT2D eigenvalue weighted by atomic mass is 16.5. The second kappa shape index (κ2) is 6.35. The molecule has 0 aliphatic heterocycles. The van der Waals surface area contributed by atoms with Crippen molar-refractivity contribution in [1.29, 1.82) is 0 Å². The second-order valence-electron chi connectivity index (χ2n) is 6.01. The number of nitroso groups, excluding NO2 is 1. The van der Waals surface area contributed by atoms with E-state index in [9.17, 15) is 10.0 Å². The lowest BCUT2D eigenvalue weighted by Gasteiger charge is -2.12. The minimum Gasteiger partial charge on any atom is -0.493 e. The van der Waals surface area contributed by atoms with Crippen molar-refractivity contribution in [2.45, 2.75) is 27.3 Å². The third-order valence-corrected chi connectivity index (χ3v) is 4.19. The Hall–Kier alpha value is -2.82. The van der Waals surface area contributed by atoms with Gasteiger partial charge in [-0.2, -0.15) is 0 Å². The van der Waals surface area contributed by atoms with E-state index < -0.39 is 0 Å². The van der Waals surface area contributed by atoms with Crippen LogP contribution < -0.4 is 4.74 Å². The van der Waals surface area contributed by atoms with E-state index >= 15 is 0 Å². The number of aryl methyl sites for hydroxylation is 3. The number of para-hydroxylation sites is 1. The van der Waals surface area contributed by atoms with Crippen LogP contribution in [0.3, 0.4) is 0 Å². The van der Waals surface area contributed by atoms with Crippen LogP contribution in [0.25, 0.3) is 10.9 Å². The summed E-state index contributed by atoms with van der Waals surface area (Å²) in [5.41, 5.74) is 3.99. The number of benzene rings is 2. The van der Waals surface area contributed by atoms with Gasteiger partial charge in [-0.1, -0.05) is 29.8 Å². The number of hydrogen-bond donors (Lipinski definition) is 1. The monoisotopic (exact) mass is 324 g/mol. The van der Waals surface area contributed by atoms with Gasteiger partial charge in [-0.05, 0) is 49.2 Å². The van der Waals surface area contributed by atoms with Crippen LogP contribution in [0.4, 0.5) is 5.69 Å². The summed E-state index contributed by atoms with van der Waals surface area (Å²) in [4.78, 5) is 11.2. The second-order valence-corrected chi connectivity index (χ2v) is 6.01. The van der Waals surface area contributed by atoms with E-state index in [-0.39, 0.29) is 11.6 Å². The summed E-state index contributed by atoms with van der Waals surface area (Å²) in [6.07, 6.45) is 0. The van der Waals surface area contributed by atoms with Crippen LogP contribution in [-0.2, 0) is 6.54 Å². The lowest BCUT2D eigenvalue weighted by Crippen LogP contribution is -2.08. The molecule has 0 amide bonds. The van der Waals surface area contributed by atoms with Crippen LogP contribution in [0.5, 0.6) is 11.6 Å². The van der Waals surface area contributed by atoms with E-state index in [1.54, 1.807) is 4.57 Å². The Balaban J connectivity index is 1.93. The molecule has 1 aromatic heterocycles. The highest BCUT2D eigenvalue weighted by Gasteiger charge is 2.19. The molecule has 0 radical (unpaired) electrons.